The number of nitrogens with one attached hydrogen (secondary N) is 2. The molecule has 0 aliphatic rings. The Hall–Kier alpha value is -0.170. The van der Waals surface area contributed by atoms with Crippen LogP contribution < -0.4 is 10.0 Å². The third-order valence-corrected chi connectivity index (χ3v) is 4.84. The van der Waals surface area contributed by atoms with Crippen LogP contribution in [0.25, 0.3) is 0 Å². The lowest BCUT2D eigenvalue weighted by atomic mass is 10.1. The first-order valence-electron chi connectivity index (χ1n) is 7.62. The normalized spacial score (nSPS) is 14.4. The molecule has 0 aromatic carbocycles. The standard InChI is InChI=1S/C14H33N3O2S/c1-12(2)8-9-14(5)16-20(18,19)17(6)11-7-10-15-13(3)4/h12-16H,7-11H2,1-6H3. The van der Waals surface area contributed by atoms with Crippen molar-refractivity contribution >= 4 is 10.2 Å². The highest BCUT2D eigenvalue weighted by Crippen LogP contribution is 2.08. The first-order valence-corrected chi connectivity index (χ1v) is 9.06. The van der Waals surface area contributed by atoms with E-state index in [1.807, 2.05) is 6.92 Å². The zero-order chi connectivity index (χ0) is 15.8. The summed E-state index contributed by atoms with van der Waals surface area (Å²) >= 11 is 0. The van der Waals surface area contributed by atoms with Crippen LogP contribution in [0.3, 0.4) is 0 Å². The van der Waals surface area contributed by atoms with Gasteiger partial charge in [0.2, 0.25) is 0 Å². The minimum Gasteiger partial charge on any atom is -0.314 e. The molecule has 0 aliphatic heterocycles. The quantitative estimate of drug-likeness (QED) is 0.574. The van der Waals surface area contributed by atoms with Crippen LogP contribution in [0.5, 0.6) is 0 Å². The molecule has 0 aliphatic carbocycles. The van der Waals surface area contributed by atoms with Crippen LogP contribution in [0.2, 0.25) is 0 Å². The highest BCUT2D eigenvalue weighted by molar-refractivity contribution is 7.87. The van der Waals surface area contributed by atoms with Crippen molar-refractivity contribution in [3.8, 4) is 0 Å². The molecule has 0 radical (unpaired) electrons. The van der Waals surface area contributed by atoms with Gasteiger partial charge in [0.1, 0.15) is 0 Å². The summed E-state index contributed by atoms with van der Waals surface area (Å²) in [5.41, 5.74) is 0. The number of nitrogens with zero attached hydrogens (tertiary/aromatic N) is 1. The lowest BCUT2D eigenvalue weighted by Crippen LogP contribution is -2.43. The van der Waals surface area contributed by atoms with Gasteiger partial charge in [0.15, 0.2) is 0 Å². The minimum atomic E-state index is -3.35. The molecule has 0 heterocycles. The first kappa shape index (κ1) is 19.8. The topological polar surface area (TPSA) is 61.4 Å². The Morgan fingerprint density at radius 3 is 2.15 bits per heavy atom. The average molecular weight is 308 g/mol. The summed E-state index contributed by atoms with van der Waals surface area (Å²) < 4.78 is 28.4. The molecule has 2 N–H and O–H groups in total. The fourth-order valence-corrected chi connectivity index (χ4v) is 2.97. The average Bonchev–Trinajstić information content (AvgIpc) is 2.31. The Kier molecular flexibility index (Phi) is 9.63. The summed E-state index contributed by atoms with van der Waals surface area (Å²) in [6.45, 7) is 11.8. The molecule has 0 aromatic rings. The van der Waals surface area contributed by atoms with Crippen LogP contribution in [0.4, 0.5) is 0 Å². The molecule has 0 spiro atoms. The van der Waals surface area contributed by atoms with Gasteiger partial charge in [-0.25, -0.2) is 0 Å². The monoisotopic (exact) mass is 307 g/mol. The van der Waals surface area contributed by atoms with Gasteiger partial charge in [-0.1, -0.05) is 27.7 Å². The number of rotatable bonds is 11. The summed E-state index contributed by atoms with van der Waals surface area (Å²) in [7, 11) is -1.72. The van der Waals surface area contributed by atoms with Crippen molar-refractivity contribution in [2.45, 2.75) is 66.0 Å². The van der Waals surface area contributed by atoms with Crippen molar-refractivity contribution in [3.05, 3.63) is 0 Å². The van der Waals surface area contributed by atoms with Gasteiger partial charge >= 0.3 is 0 Å². The van der Waals surface area contributed by atoms with E-state index in [0.717, 1.165) is 25.8 Å². The van der Waals surface area contributed by atoms with Crippen LogP contribution in [-0.2, 0) is 10.2 Å². The molecule has 0 aromatic heterocycles. The van der Waals surface area contributed by atoms with E-state index in [2.05, 4.69) is 37.7 Å². The summed E-state index contributed by atoms with van der Waals surface area (Å²) in [5.74, 6) is 0.599. The van der Waals surface area contributed by atoms with Gasteiger partial charge in [-0.05, 0) is 38.6 Å². The van der Waals surface area contributed by atoms with Crippen LogP contribution in [0, 0.1) is 5.92 Å². The Labute approximate surface area is 125 Å². The molecule has 5 nitrogen and oxygen atoms in total. The third-order valence-electron chi connectivity index (χ3n) is 3.14. The van der Waals surface area contributed by atoms with E-state index in [1.165, 1.54) is 4.31 Å². The van der Waals surface area contributed by atoms with E-state index >= 15 is 0 Å². The molecule has 1 atom stereocenters. The Balaban J connectivity index is 4.07. The Morgan fingerprint density at radius 1 is 1.05 bits per heavy atom. The number of hydrogen-bond donors (Lipinski definition) is 2. The highest BCUT2D eigenvalue weighted by Gasteiger charge is 2.19. The summed E-state index contributed by atoms with van der Waals surface area (Å²) in [6, 6.07) is 0.421. The summed E-state index contributed by atoms with van der Waals surface area (Å²) in [5, 5.41) is 3.28. The molecule has 0 bridgehead atoms. The molecule has 0 saturated carbocycles. The second kappa shape index (κ2) is 9.71. The molecule has 0 amide bonds. The zero-order valence-corrected chi connectivity index (χ0v) is 14.8. The molecule has 1 unspecified atom stereocenters. The predicted molar refractivity (Wildman–Crippen MR) is 86.0 cm³/mol. The molecule has 0 saturated heterocycles. The molecule has 0 fully saturated rings. The summed E-state index contributed by atoms with van der Waals surface area (Å²) in [4.78, 5) is 0. The van der Waals surface area contributed by atoms with Gasteiger partial charge in [0.25, 0.3) is 10.2 Å². The second-order valence-electron chi connectivity index (χ2n) is 6.28. The van der Waals surface area contributed by atoms with Gasteiger partial charge in [0, 0.05) is 25.7 Å². The van der Waals surface area contributed by atoms with Crippen LogP contribution >= 0.6 is 0 Å². The Bertz CT molecular complexity index is 342. The minimum absolute atomic E-state index is 0.0151. The van der Waals surface area contributed by atoms with E-state index < -0.39 is 10.2 Å². The fourth-order valence-electron chi connectivity index (χ4n) is 1.80. The van der Waals surface area contributed by atoms with Gasteiger partial charge in [0.05, 0.1) is 0 Å². The molecule has 6 heteroatoms. The molecular weight excluding hydrogens is 274 g/mol. The predicted octanol–water partition coefficient (Wildman–Crippen LogP) is 1.97. The fraction of sp³-hybridized carbons (Fsp3) is 1.00. The van der Waals surface area contributed by atoms with E-state index in [0.29, 0.717) is 18.5 Å². The van der Waals surface area contributed by atoms with Gasteiger partial charge in [-0.15, -0.1) is 0 Å². The smallest absolute Gasteiger partial charge is 0.279 e. The van der Waals surface area contributed by atoms with Gasteiger partial charge in [-0.2, -0.15) is 17.4 Å². The van der Waals surface area contributed by atoms with Crippen molar-refractivity contribution in [2.75, 3.05) is 20.1 Å². The third kappa shape index (κ3) is 9.69. The first-order chi connectivity index (χ1) is 9.15. The van der Waals surface area contributed by atoms with E-state index in [9.17, 15) is 8.42 Å². The molecule has 122 valence electrons. The van der Waals surface area contributed by atoms with Crippen molar-refractivity contribution < 1.29 is 8.42 Å². The van der Waals surface area contributed by atoms with Gasteiger partial charge < -0.3 is 5.32 Å². The van der Waals surface area contributed by atoms with E-state index in [1.54, 1.807) is 7.05 Å². The zero-order valence-electron chi connectivity index (χ0n) is 13.9. The lowest BCUT2D eigenvalue weighted by Gasteiger charge is -2.21. The Morgan fingerprint density at radius 2 is 1.65 bits per heavy atom. The maximum Gasteiger partial charge on any atom is 0.279 e. The maximum atomic E-state index is 12.1. The molecule has 0 rings (SSSR count). The van der Waals surface area contributed by atoms with Crippen molar-refractivity contribution in [2.24, 2.45) is 5.92 Å². The van der Waals surface area contributed by atoms with Crippen LogP contribution in [0.1, 0.15) is 53.9 Å². The largest absolute Gasteiger partial charge is 0.314 e. The molecular formula is C14H33N3O2S. The van der Waals surface area contributed by atoms with Crippen molar-refractivity contribution in [3.63, 3.8) is 0 Å². The van der Waals surface area contributed by atoms with E-state index in [-0.39, 0.29) is 6.04 Å². The van der Waals surface area contributed by atoms with Crippen molar-refractivity contribution in [1.29, 1.82) is 0 Å². The maximum absolute atomic E-state index is 12.1. The highest BCUT2D eigenvalue weighted by atomic mass is 32.2. The van der Waals surface area contributed by atoms with Gasteiger partial charge in [-0.3, -0.25) is 0 Å². The van der Waals surface area contributed by atoms with Crippen molar-refractivity contribution in [1.82, 2.24) is 14.3 Å². The lowest BCUT2D eigenvalue weighted by molar-refractivity contribution is 0.423. The molecule has 20 heavy (non-hydrogen) atoms. The van der Waals surface area contributed by atoms with Crippen LogP contribution in [-0.4, -0.2) is 44.9 Å². The van der Waals surface area contributed by atoms with E-state index in [4.69, 9.17) is 0 Å². The number of hydrogen-bond acceptors (Lipinski definition) is 3. The SMILES string of the molecule is CC(C)CCC(C)NS(=O)(=O)N(C)CCCNC(C)C. The van der Waals surface area contributed by atoms with Crippen LogP contribution in [0.15, 0.2) is 0 Å². The summed E-state index contributed by atoms with van der Waals surface area (Å²) in [6.07, 6.45) is 2.72. The second-order valence-corrected chi connectivity index (χ2v) is 8.09.